The number of hydrogen-bond donors (Lipinski definition) is 3. The van der Waals surface area contributed by atoms with E-state index >= 15 is 0 Å². The van der Waals surface area contributed by atoms with E-state index in [1.165, 1.54) is 5.56 Å². The van der Waals surface area contributed by atoms with Gasteiger partial charge in [-0.3, -0.25) is 5.43 Å². The summed E-state index contributed by atoms with van der Waals surface area (Å²) in [5.74, 6) is -0.0187. The number of hydrazone groups is 1. The van der Waals surface area contributed by atoms with E-state index in [1.54, 1.807) is 12.5 Å². The lowest BCUT2D eigenvalue weighted by Gasteiger charge is -2.39. The first-order chi connectivity index (χ1) is 12.3. The highest BCUT2D eigenvalue weighted by molar-refractivity contribution is 6.12. The first kappa shape index (κ1) is 14.3. The van der Waals surface area contributed by atoms with Crippen LogP contribution in [-0.2, 0) is 0 Å². The van der Waals surface area contributed by atoms with Gasteiger partial charge < -0.3 is 14.8 Å². The van der Waals surface area contributed by atoms with Crippen LogP contribution in [-0.4, -0.2) is 10.8 Å². The second-order valence-corrected chi connectivity index (χ2v) is 6.37. The third-order valence-electron chi connectivity index (χ3n) is 4.95. The predicted molar refractivity (Wildman–Crippen MR) is 95.3 cm³/mol. The molecule has 0 saturated heterocycles. The van der Waals surface area contributed by atoms with E-state index in [2.05, 4.69) is 28.0 Å². The summed E-state index contributed by atoms with van der Waals surface area (Å²) in [5, 5.41) is 18.4. The Bertz CT molecular complexity index is 935. The van der Waals surface area contributed by atoms with Crippen molar-refractivity contribution in [2.75, 3.05) is 5.32 Å². The lowest BCUT2D eigenvalue weighted by atomic mass is 9.77. The van der Waals surface area contributed by atoms with E-state index in [4.69, 9.17) is 4.42 Å². The fourth-order valence-corrected chi connectivity index (χ4v) is 3.83. The summed E-state index contributed by atoms with van der Waals surface area (Å²) < 4.78 is 5.35. The number of hydrogen-bond acceptors (Lipinski definition) is 5. The topological polar surface area (TPSA) is 69.8 Å². The standard InChI is InChI=1S/C20H17N3O2/c24-20-14-7-4-8-15-17(14)19(22-23-20)16(13-9-10-25-11-13)18(21-15)12-5-2-1-3-6-12/h1-11,16,18,20-21,23-24H. The van der Waals surface area contributed by atoms with Crippen LogP contribution in [0.25, 0.3) is 0 Å². The number of nitrogens with one attached hydrogen (secondary N) is 2. The van der Waals surface area contributed by atoms with Gasteiger partial charge in [-0.15, -0.1) is 0 Å². The molecule has 0 fully saturated rings. The molecule has 25 heavy (non-hydrogen) atoms. The molecule has 124 valence electrons. The number of benzene rings is 2. The van der Waals surface area contributed by atoms with Crippen LogP contribution in [0.1, 0.15) is 40.4 Å². The Morgan fingerprint density at radius 3 is 2.64 bits per heavy atom. The van der Waals surface area contributed by atoms with Gasteiger partial charge in [-0.2, -0.15) is 5.10 Å². The summed E-state index contributed by atoms with van der Waals surface area (Å²) in [5.41, 5.74) is 8.82. The molecule has 0 aliphatic carbocycles. The quantitative estimate of drug-likeness (QED) is 0.672. The second kappa shape index (κ2) is 5.50. The van der Waals surface area contributed by atoms with E-state index < -0.39 is 6.23 Å². The van der Waals surface area contributed by atoms with Gasteiger partial charge in [0.15, 0.2) is 6.23 Å². The molecule has 1 aromatic heterocycles. The van der Waals surface area contributed by atoms with Gasteiger partial charge in [0.25, 0.3) is 0 Å². The molecule has 3 N–H and O–H groups in total. The predicted octanol–water partition coefficient (Wildman–Crippen LogP) is 3.53. The van der Waals surface area contributed by atoms with Crippen LogP contribution in [0.3, 0.4) is 0 Å². The summed E-state index contributed by atoms with van der Waals surface area (Å²) in [4.78, 5) is 0. The first-order valence-electron chi connectivity index (χ1n) is 8.31. The zero-order chi connectivity index (χ0) is 16.8. The molecule has 3 unspecified atom stereocenters. The minimum Gasteiger partial charge on any atom is -0.472 e. The molecule has 0 saturated carbocycles. The van der Waals surface area contributed by atoms with Gasteiger partial charge >= 0.3 is 0 Å². The van der Waals surface area contributed by atoms with Crippen molar-refractivity contribution < 1.29 is 9.52 Å². The molecular formula is C20H17N3O2. The number of aliphatic hydroxyl groups is 1. The summed E-state index contributed by atoms with van der Waals surface area (Å²) in [6, 6.07) is 18.3. The van der Waals surface area contributed by atoms with Gasteiger partial charge in [-0.1, -0.05) is 42.5 Å². The average molecular weight is 331 g/mol. The third-order valence-corrected chi connectivity index (χ3v) is 4.95. The van der Waals surface area contributed by atoms with Gasteiger partial charge in [0.1, 0.15) is 0 Å². The molecule has 0 bridgehead atoms. The minimum atomic E-state index is -0.793. The van der Waals surface area contributed by atoms with Crippen LogP contribution in [0.15, 0.2) is 76.6 Å². The molecule has 3 atom stereocenters. The smallest absolute Gasteiger partial charge is 0.166 e. The minimum absolute atomic E-state index is 0.0187. The van der Waals surface area contributed by atoms with Gasteiger partial charge in [0.2, 0.25) is 0 Å². The largest absolute Gasteiger partial charge is 0.472 e. The molecule has 5 heteroatoms. The molecule has 2 aliphatic heterocycles. The molecule has 5 rings (SSSR count). The van der Waals surface area contributed by atoms with Crippen molar-refractivity contribution in [2.24, 2.45) is 5.10 Å². The normalized spacial score (nSPS) is 23.9. The number of nitrogens with zero attached hydrogens (tertiary/aromatic N) is 1. The van der Waals surface area contributed by atoms with Crippen LogP contribution in [0, 0.1) is 0 Å². The monoisotopic (exact) mass is 331 g/mol. The number of furan rings is 1. The van der Waals surface area contributed by atoms with Crippen LogP contribution in [0.4, 0.5) is 5.69 Å². The maximum atomic E-state index is 10.3. The number of anilines is 1. The fraction of sp³-hybridized carbons (Fsp3) is 0.150. The average Bonchev–Trinajstić information content (AvgIpc) is 3.19. The Morgan fingerprint density at radius 1 is 0.960 bits per heavy atom. The lowest BCUT2D eigenvalue weighted by molar-refractivity contribution is 0.138. The maximum Gasteiger partial charge on any atom is 0.166 e. The Morgan fingerprint density at radius 2 is 1.84 bits per heavy atom. The maximum absolute atomic E-state index is 10.3. The van der Waals surface area contributed by atoms with E-state index in [1.807, 2.05) is 42.5 Å². The Balaban J connectivity index is 1.74. The van der Waals surface area contributed by atoms with E-state index in [0.717, 1.165) is 28.1 Å². The van der Waals surface area contributed by atoms with Crippen LogP contribution < -0.4 is 10.7 Å². The fourth-order valence-electron chi connectivity index (χ4n) is 3.83. The molecule has 0 spiro atoms. The highest BCUT2D eigenvalue weighted by Crippen LogP contribution is 2.45. The molecule has 5 nitrogen and oxygen atoms in total. The van der Waals surface area contributed by atoms with Crippen LogP contribution in [0.5, 0.6) is 0 Å². The molecule has 3 heterocycles. The zero-order valence-electron chi connectivity index (χ0n) is 13.4. The summed E-state index contributed by atoms with van der Waals surface area (Å²) in [6.07, 6.45) is 2.66. The SMILES string of the molecule is OC1NN=C2c3c(cccc31)NC(c1ccccc1)C2c1ccoc1. The van der Waals surface area contributed by atoms with E-state index in [9.17, 15) is 5.11 Å². The zero-order valence-corrected chi connectivity index (χ0v) is 13.4. The molecule has 3 aromatic rings. The first-order valence-corrected chi connectivity index (χ1v) is 8.31. The van der Waals surface area contributed by atoms with Crippen molar-refractivity contribution in [1.29, 1.82) is 0 Å². The van der Waals surface area contributed by atoms with Gasteiger partial charge in [-0.25, -0.2) is 0 Å². The van der Waals surface area contributed by atoms with E-state index in [0.29, 0.717) is 0 Å². The van der Waals surface area contributed by atoms with Crippen molar-refractivity contribution in [2.45, 2.75) is 18.2 Å². The highest BCUT2D eigenvalue weighted by atomic mass is 16.3. The third kappa shape index (κ3) is 2.16. The number of aliphatic hydroxyl groups excluding tert-OH is 1. The molecule has 0 radical (unpaired) electrons. The van der Waals surface area contributed by atoms with Crippen LogP contribution in [0.2, 0.25) is 0 Å². The summed E-state index contributed by atoms with van der Waals surface area (Å²) in [6.45, 7) is 0. The lowest BCUT2D eigenvalue weighted by Crippen LogP contribution is -2.38. The van der Waals surface area contributed by atoms with Gasteiger partial charge in [0.05, 0.1) is 30.2 Å². The van der Waals surface area contributed by atoms with Crippen molar-refractivity contribution in [1.82, 2.24) is 5.43 Å². The van der Waals surface area contributed by atoms with Gasteiger partial charge in [-0.05, 0) is 17.7 Å². The molecule has 2 aromatic carbocycles. The van der Waals surface area contributed by atoms with Crippen molar-refractivity contribution in [3.8, 4) is 0 Å². The Kier molecular flexibility index (Phi) is 3.15. The summed E-state index contributed by atoms with van der Waals surface area (Å²) >= 11 is 0. The molecule has 0 amide bonds. The van der Waals surface area contributed by atoms with Crippen molar-refractivity contribution >= 4 is 11.4 Å². The highest BCUT2D eigenvalue weighted by Gasteiger charge is 2.40. The summed E-state index contributed by atoms with van der Waals surface area (Å²) in [7, 11) is 0. The molecule has 2 aliphatic rings. The van der Waals surface area contributed by atoms with Crippen molar-refractivity contribution in [3.05, 3.63) is 89.4 Å². The van der Waals surface area contributed by atoms with Crippen LogP contribution >= 0.6 is 0 Å². The second-order valence-electron chi connectivity index (χ2n) is 6.37. The van der Waals surface area contributed by atoms with Gasteiger partial charge in [0, 0.05) is 22.4 Å². The van der Waals surface area contributed by atoms with E-state index in [-0.39, 0.29) is 12.0 Å². The molecular weight excluding hydrogens is 314 g/mol. The van der Waals surface area contributed by atoms with Crippen molar-refractivity contribution in [3.63, 3.8) is 0 Å². The number of rotatable bonds is 2. The Hall–Kier alpha value is -3.05. The Labute approximate surface area is 145 Å².